The van der Waals surface area contributed by atoms with Crippen LogP contribution in [0.3, 0.4) is 0 Å². The van der Waals surface area contributed by atoms with E-state index in [4.69, 9.17) is 0 Å². The molecule has 3 heterocycles. The lowest BCUT2D eigenvalue weighted by Gasteiger charge is -2.42. The van der Waals surface area contributed by atoms with Crippen molar-refractivity contribution in [3.8, 4) is 0 Å². The van der Waals surface area contributed by atoms with Gasteiger partial charge in [0.1, 0.15) is 0 Å². The van der Waals surface area contributed by atoms with Gasteiger partial charge in [0, 0.05) is 32.6 Å². The van der Waals surface area contributed by atoms with Gasteiger partial charge in [-0.2, -0.15) is 0 Å². The van der Waals surface area contributed by atoms with E-state index < -0.39 is 0 Å². The van der Waals surface area contributed by atoms with Crippen LogP contribution in [0.15, 0.2) is 109 Å². The van der Waals surface area contributed by atoms with E-state index in [2.05, 4.69) is 139 Å². The summed E-state index contributed by atoms with van der Waals surface area (Å²) in [6.07, 6.45) is 0. The van der Waals surface area contributed by atoms with Crippen LogP contribution in [-0.2, 0) is 5.41 Å². The second-order valence-corrected chi connectivity index (χ2v) is 10.7. The molecule has 2 heteroatoms. The number of benzene rings is 5. The van der Waals surface area contributed by atoms with Gasteiger partial charge in [0.2, 0.25) is 0 Å². The molecule has 0 unspecified atom stereocenters. The fraction of sp³-hybridized carbons (Fsp3) is 0.0857. The van der Waals surface area contributed by atoms with E-state index in [0.717, 1.165) is 5.22 Å². The van der Waals surface area contributed by atoms with Crippen molar-refractivity contribution in [3.63, 3.8) is 0 Å². The normalized spacial score (nSPS) is 14.5. The van der Waals surface area contributed by atoms with E-state index in [1.54, 1.807) is 0 Å². The summed E-state index contributed by atoms with van der Waals surface area (Å²) in [4.78, 5) is 2.44. The van der Waals surface area contributed by atoms with Crippen LogP contribution in [0.25, 0.3) is 44.7 Å². The summed E-state index contributed by atoms with van der Waals surface area (Å²) in [6.45, 7) is 9.15. The highest BCUT2D eigenvalue weighted by molar-refractivity contribution is 6.18. The van der Waals surface area contributed by atoms with Crippen LogP contribution in [0.4, 0.5) is 17.1 Å². The van der Waals surface area contributed by atoms with Crippen LogP contribution >= 0.6 is 0 Å². The predicted octanol–water partition coefficient (Wildman–Crippen LogP) is 8.64. The van der Waals surface area contributed by atoms with Crippen LogP contribution in [0.2, 0.25) is 0 Å². The molecule has 0 radical (unpaired) electrons. The van der Waals surface area contributed by atoms with Crippen molar-refractivity contribution in [2.45, 2.75) is 19.3 Å². The summed E-state index contributed by atoms with van der Waals surface area (Å²) in [7, 11) is 0. The van der Waals surface area contributed by atoms with Crippen LogP contribution in [-0.4, -0.2) is 4.40 Å². The van der Waals surface area contributed by atoms with E-state index in [0.29, 0.717) is 0 Å². The topological polar surface area (TPSA) is 7.65 Å². The Morgan fingerprint density at radius 1 is 0.568 bits per heavy atom. The summed E-state index contributed by atoms with van der Waals surface area (Å²) in [6, 6.07) is 39.9. The molecule has 5 aromatic carbocycles. The quantitative estimate of drug-likeness (QED) is 0.216. The average molecular weight is 475 g/mol. The van der Waals surface area contributed by atoms with Crippen LogP contribution in [0, 0.1) is 0 Å². The first-order valence-corrected chi connectivity index (χ1v) is 12.9. The maximum absolute atomic E-state index is 4.48. The third kappa shape index (κ3) is 2.55. The number of hydrogen-bond donors (Lipinski definition) is 0. The van der Waals surface area contributed by atoms with E-state index in [-0.39, 0.29) is 5.41 Å². The Morgan fingerprint density at radius 2 is 1.16 bits per heavy atom. The lowest BCUT2D eigenvalue weighted by Crippen LogP contribution is -2.30. The van der Waals surface area contributed by atoms with E-state index in [9.17, 15) is 0 Å². The molecular formula is C35H26N2. The SMILES string of the molecule is C=c1c2ccccc2n2c3ccc(N4c5ccccc5C(C)(C)c5ccccc54)cc3c3cccc1c32. The molecule has 8 rings (SSSR count). The number of anilines is 3. The molecule has 37 heavy (non-hydrogen) atoms. The third-order valence-electron chi connectivity index (χ3n) is 8.46. The smallest absolute Gasteiger partial charge is 0.0619 e. The van der Waals surface area contributed by atoms with Gasteiger partial charge in [0.05, 0.1) is 27.9 Å². The van der Waals surface area contributed by atoms with Crippen molar-refractivity contribution in [3.05, 3.63) is 126 Å². The van der Waals surface area contributed by atoms with Gasteiger partial charge in [-0.25, -0.2) is 0 Å². The van der Waals surface area contributed by atoms with Crippen molar-refractivity contribution >= 4 is 61.7 Å². The Kier molecular flexibility index (Phi) is 3.91. The molecule has 0 saturated carbocycles. The molecule has 0 N–H and O–H groups in total. The Bertz CT molecular complexity index is 2040. The lowest BCUT2D eigenvalue weighted by atomic mass is 9.73. The minimum Gasteiger partial charge on any atom is -0.310 e. The Morgan fingerprint density at radius 3 is 1.92 bits per heavy atom. The van der Waals surface area contributed by atoms with Crippen molar-refractivity contribution in [1.82, 2.24) is 4.40 Å². The highest BCUT2D eigenvalue weighted by Gasteiger charge is 2.36. The van der Waals surface area contributed by atoms with Gasteiger partial charge in [-0.3, -0.25) is 0 Å². The second kappa shape index (κ2) is 7.02. The van der Waals surface area contributed by atoms with Crippen molar-refractivity contribution in [2.75, 3.05) is 4.90 Å². The second-order valence-electron chi connectivity index (χ2n) is 10.7. The number of nitrogens with zero attached hydrogens (tertiary/aromatic N) is 2. The summed E-state index contributed by atoms with van der Waals surface area (Å²) in [5.41, 5.74) is 9.98. The molecule has 0 atom stereocenters. The molecule has 0 spiro atoms. The summed E-state index contributed by atoms with van der Waals surface area (Å²) in [5.74, 6) is 0. The highest BCUT2D eigenvalue weighted by atomic mass is 15.2. The maximum atomic E-state index is 4.48. The first kappa shape index (κ1) is 20.6. The number of pyridine rings is 1. The van der Waals surface area contributed by atoms with E-state index >= 15 is 0 Å². The van der Waals surface area contributed by atoms with Crippen molar-refractivity contribution < 1.29 is 0 Å². The molecule has 0 amide bonds. The number of hydrogen-bond acceptors (Lipinski definition) is 1. The number of rotatable bonds is 1. The zero-order chi connectivity index (χ0) is 24.9. The minimum absolute atomic E-state index is 0.0679. The summed E-state index contributed by atoms with van der Waals surface area (Å²) >= 11 is 0. The Hall–Kier alpha value is -4.56. The Labute approximate surface area is 215 Å². The first-order valence-electron chi connectivity index (χ1n) is 12.9. The van der Waals surface area contributed by atoms with E-state index in [1.807, 2.05) is 0 Å². The van der Waals surface area contributed by atoms with Crippen LogP contribution in [0.5, 0.6) is 0 Å². The summed E-state index contributed by atoms with van der Waals surface area (Å²) in [5, 5.41) is 6.04. The molecule has 2 aromatic heterocycles. The zero-order valence-electron chi connectivity index (χ0n) is 21.0. The fourth-order valence-electron chi connectivity index (χ4n) is 6.71. The highest BCUT2D eigenvalue weighted by Crippen LogP contribution is 2.52. The molecule has 1 aliphatic heterocycles. The standard InChI is InChI=1S/C35H26N2/c1-22-24-11-4-7-16-30(24)37-31-20-19-23(21-27(31)26-13-10-12-25(22)34(26)37)36-32-17-8-5-14-28(32)35(2,3)29-15-6-9-18-33(29)36/h4-21H,1H2,2-3H3. The van der Waals surface area contributed by atoms with E-state index in [1.165, 1.54) is 66.3 Å². The molecule has 0 aliphatic carbocycles. The number of aromatic nitrogens is 1. The maximum Gasteiger partial charge on any atom is 0.0619 e. The van der Waals surface area contributed by atoms with Crippen molar-refractivity contribution in [2.24, 2.45) is 0 Å². The predicted molar refractivity (Wildman–Crippen MR) is 157 cm³/mol. The first-order chi connectivity index (χ1) is 18.1. The molecule has 7 aromatic rings. The molecule has 176 valence electrons. The Balaban J connectivity index is 1.49. The number of fused-ring (bicyclic) bond motifs is 7. The van der Waals surface area contributed by atoms with Gasteiger partial charge in [0.15, 0.2) is 0 Å². The monoisotopic (exact) mass is 474 g/mol. The van der Waals surface area contributed by atoms with Crippen LogP contribution < -0.4 is 10.1 Å². The molecule has 0 fully saturated rings. The van der Waals surface area contributed by atoms with Crippen molar-refractivity contribution in [1.29, 1.82) is 0 Å². The van der Waals surface area contributed by atoms with Gasteiger partial charge >= 0.3 is 0 Å². The lowest BCUT2D eigenvalue weighted by molar-refractivity contribution is 0.632. The zero-order valence-corrected chi connectivity index (χ0v) is 21.0. The van der Waals surface area contributed by atoms with Gasteiger partial charge in [0.25, 0.3) is 0 Å². The number of para-hydroxylation sites is 4. The van der Waals surface area contributed by atoms with Gasteiger partial charge in [-0.15, -0.1) is 0 Å². The molecule has 0 saturated heterocycles. The summed E-state index contributed by atoms with van der Waals surface area (Å²) < 4.78 is 2.43. The average Bonchev–Trinajstić information content (AvgIpc) is 3.27. The van der Waals surface area contributed by atoms with Gasteiger partial charge in [-0.05, 0) is 52.7 Å². The van der Waals surface area contributed by atoms with Gasteiger partial charge in [-0.1, -0.05) is 93.2 Å². The van der Waals surface area contributed by atoms with Crippen LogP contribution in [0.1, 0.15) is 25.0 Å². The molecular weight excluding hydrogens is 448 g/mol. The van der Waals surface area contributed by atoms with Gasteiger partial charge < -0.3 is 9.30 Å². The molecule has 0 bridgehead atoms. The third-order valence-corrected chi connectivity index (χ3v) is 8.46. The molecule has 1 aliphatic rings. The largest absolute Gasteiger partial charge is 0.310 e. The fourth-order valence-corrected chi connectivity index (χ4v) is 6.71. The molecule has 2 nitrogen and oxygen atoms in total. The minimum atomic E-state index is -0.0679.